The van der Waals surface area contributed by atoms with Crippen LogP contribution in [0.4, 0.5) is 11.5 Å². The summed E-state index contributed by atoms with van der Waals surface area (Å²) in [6.07, 6.45) is 3.67. The third kappa shape index (κ3) is 3.85. The number of anilines is 2. The zero-order valence-electron chi connectivity index (χ0n) is 16.7. The van der Waals surface area contributed by atoms with Crippen molar-refractivity contribution in [2.24, 2.45) is 5.92 Å². The lowest BCUT2D eigenvalue weighted by molar-refractivity contribution is -0.117. The minimum atomic E-state index is -3.35. The summed E-state index contributed by atoms with van der Waals surface area (Å²) in [6, 6.07) is 7.52. The largest absolute Gasteiger partial charge is 0.346 e. The lowest BCUT2D eigenvalue weighted by Gasteiger charge is -2.16. The van der Waals surface area contributed by atoms with Crippen LogP contribution in [0.2, 0.25) is 0 Å². The van der Waals surface area contributed by atoms with Gasteiger partial charge < -0.3 is 10.3 Å². The third-order valence-electron chi connectivity index (χ3n) is 5.45. The Bertz CT molecular complexity index is 1210. The second-order valence-corrected chi connectivity index (χ2v) is 9.49. The van der Waals surface area contributed by atoms with Crippen molar-refractivity contribution >= 4 is 38.5 Å². The van der Waals surface area contributed by atoms with Gasteiger partial charge in [0.05, 0.1) is 11.4 Å². The maximum Gasteiger partial charge on any atom is 0.232 e. The smallest absolute Gasteiger partial charge is 0.232 e. The number of carbonyl (C=O) groups excluding carboxylic acids is 1. The van der Waals surface area contributed by atoms with Crippen LogP contribution in [0.15, 0.2) is 30.5 Å². The van der Waals surface area contributed by atoms with Gasteiger partial charge in [-0.15, -0.1) is 0 Å². The molecule has 0 radical (unpaired) electrons. The van der Waals surface area contributed by atoms with E-state index in [4.69, 9.17) is 0 Å². The van der Waals surface area contributed by atoms with Crippen LogP contribution in [0.3, 0.4) is 0 Å². The number of aromatic amines is 1. The van der Waals surface area contributed by atoms with Crippen LogP contribution in [-0.2, 0) is 14.8 Å². The SMILES string of the molecule is CCS(=O)(=O)Nc1ccc(-c2cc(NC(=O)C3CC3)nc3[nH]ccc23)c(C)c1C. The molecule has 2 heterocycles. The number of amides is 1. The van der Waals surface area contributed by atoms with E-state index in [1.54, 1.807) is 13.0 Å². The van der Waals surface area contributed by atoms with Gasteiger partial charge in [-0.25, -0.2) is 13.4 Å². The highest BCUT2D eigenvalue weighted by Gasteiger charge is 2.30. The number of pyridine rings is 1. The first kappa shape index (κ1) is 19.4. The Hall–Kier alpha value is -2.87. The minimum Gasteiger partial charge on any atom is -0.346 e. The highest BCUT2D eigenvalue weighted by molar-refractivity contribution is 7.92. The Balaban J connectivity index is 1.78. The molecule has 8 heteroatoms. The van der Waals surface area contributed by atoms with E-state index in [1.165, 1.54) is 0 Å². The highest BCUT2D eigenvalue weighted by Crippen LogP contribution is 2.36. The monoisotopic (exact) mass is 412 g/mol. The summed E-state index contributed by atoms with van der Waals surface area (Å²) in [5.41, 5.74) is 5.01. The van der Waals surface area contributed by atoms with E-state index in [0.717, 1.165) is 40.5 Å². The predicted octanol–water partition coefficient (Wildman–Crippen LogP) is 3.96. The third-order valence-corrected chi connectivity index (χ3v) is 6.74. The molecule has 3 N–H and O–H groups in total. The second kappa shape index (κ2) is 7.18. The summed E-state index contributed by atoms with van der Waals surface area (Å²) in [6.45, 7) is 5.48. The standard InChI is InChI=1S/C21H24N4O3S/c1-4-29(27,28)25-18-8-7-15(12(2)13(18)3)17-11-19(24-21(26)14-5-6-14)23-20-16(17)9-10-22-20/h7-11,14,25H,4-6H2,1-3H3,(H2,22,23,24,26). The normalized spacial score (nSPS) is 14.2. The number of nitrogens with one attached hydrogen (secondary N) is 3. The molecule has 0 saturated heterocycles. The molecule has 7 nitrogen and oxygen atoms in total. The topological polar surface area (TPSA) is 104 Å². The number of rotatable bonds is 6. The van der Waals surface area contributed by atoms with Crippen molar-refractivity contribution in [3.63, 3.8) is 0 Å². The average molecular weight is 413 g/mol. The first-order valence-electron chi connectivity index (χ1n) is 9.69. The molecule has 0 unspecified atom stereocenters. The minimum absolute atomic E-state index is 0.00609. The number of hydrogen-bond acceptors (Lipinski definition) is 4. The summed E-state index contributed by atoms with van der Waals surface area (Å²) >= 11 is 0. The van der Waals surface area contributed by atoms with Crippen molar-refractivity contribution in [3.05, 3.63) is 41.6 Å². The van der Waals surface area contributed by atoms with Crippen LogP contribution < -0.4 is 10.0 Å². The van der Waals surface area contributed by atoms with Crippen molar-refractivity contribution in [1.29, 1.82) is 0 Å². The highest BCUT2D eigenvalue weighted by atomic mass is 32.2. The molecule has 1 aromatic carbocycles. The van der Waals surface area contributed by atoms with Crippen LogP contribution >= 0.6 is 0 Å². The van der Waals surface area contributed by atoms with Crippen LogP contribution in [0.1, 0.15) is 30.9 Å². The van der Waals surface area contributed by atoms with E-state index in [9.17, 15) is 13.2 Å². The molecule has 1 aliphatic carbocycles. The van der Waals surface area contributed by atoms with Crippen molar-refractivity contribution in [1.82, 2.24) is 9.97 Å². The summed E-state index contributed by atoms with van der Waals surface area (Å²) in [5.74, 6) is 0.631. The number of hydrogen-bond donors (Lipinski definition) is 3. The van der Waals surface area contributed by atoms with Gasteiger partial charge in [-0.05, 0) is 74.1 Å². The predicted molar refractivity (Wildman–Crippen MR) is 115 cm³/mol. The van der Waals surface area contributed by atoms with Crippen LogP contribution in [0, 0.1) is 19.8 Å². The first-order valence-corrected chi connectivity index (χ1v) is 11.3. The summed E-state index contributed by atoms with van der Waals surface area (Å²) in [4.78, 5) is 19.8. The Morgan fingerprint density at radius 3 is 2.62 bits per heavy atom. The average Bonchev–Trinajstić information content (AvgIpc) is 3.43. The van der Waals surface area contributed by atoms with E-state index in [2.05, 4.69) is 20.0 Å². The fourth-order valence-corrected chi connectivity index (χ4v) is 4.06. The van der Waals surface area contributed by atoms with E-state index >= 15 is 0 Å². The van der Waals surface area contributed by atoms with Gasteiger partial charge in [0.2, 0.25) is 15.9 Å². The van der Waals surface area contributed by atoms with Crippen LogP contribution in [0.5, 0.6) is 0 Å². The van der Waals surface area contributed by atoms with E-state index in [1.807, 2.05) is 38.2 Å². The first-order chi connectivity index (χ1) is 13.8. The lowest BCUT2D eigenvalue weighted by atomic mass is 9.94. The summed E-state index contributed by atoms with van der Waals surface area (Å²) < 4.78 is 26.6. The van der Waals surface area contributed by atoms with E-state index in [-0.39, 0.29) is 17.6 Å². The van der Waals surface area contributed by atoms with E-state index in [0.29, 0.717) is 17.2 Å². The Labute approximate surface area is 170 Å². The number of carbonyl (C=O) groups is 1. The molecule has 3 aromatic rings. The molecule has 0 aliphatic heterocycles. The van der Waals surface area contributed by atoms with Gasteiger partial charge in [0.15, 0.2) is 0 Å². The number of sulfonamides is 1. The molecule has 1 fully saturated rings. The van der Waals surface area contributed by atoms with Crippen molar-refractivity contribution in [2.75, 3.05) is 15.8 Å². The maximum absolute atomic E-state index is 12.2. The molecule has 29 heavy (non-hydrogen) atoms. The number of H-pyrrole nitrogens is 1. The number of fused-ring (bicyclic) bond motifs is 1. The van der Waals surface area contributed by atoms with Crippen LogP contribution in [0.25, 0.3) is 22.2 Å². The zero-order chi connectivity index (χ0) is 20.8. The van der Waals surface area contributed by atoms with Crippen molar-refractivity contribution in [3.8, 4) is 11.1 Å². The Morgan fingerprint density at radius 2 is 1.93 bits per heavy atom. The number of aromatic nitrogens is 2. The van der Waals surface area contributed by atoms with Gasteiger partial charge in [-0.2, -0.15) is 0 Å². The van der Waals surface area contributed by atoms with Crippen molar-refractivity contribution < 1.29 is 13.2 Å². The maximum atomic E-state index is 12.2. The number of nitrogens with zero attached hydrogens (tertiary/aromatic N) is 1. The van der Waals surface area contributed by atoms with Gasteiger partial charge in [0.1, 0.15) is 11.5 Å². The molecule has 0 atom stereocenters. The number of benzene rings is 1. The molecule has 4 rings (SSSR count). The second-order valence-electron chi connectivity index (χ2n) is 7.47. The molecular formula is C21H24N4O3S. The molecule has 2 aromatic heterocycles. The molecule has 0 bridgehead atoms. The molecular weight excluding hydrogens is 388 g/mol. The van der Waals surface area contributed by atoms with Gasteiger partial charge in [-0.3, -0.25) is 9.52 Å². The van der Waals surface area contributed by atoms with Gasteiger partial charge in [-0.1, -0.05) is 6.07 Å². The fourth-order valence-electron chi connectivity index (χ4n) is 3.36. The van der Waals surface area contributed by atoms with E-state index < -0.39 is 10.0 Å². The van der Waals surface area contributed by atoms with Crippen LogP contribution in [-0.4, -0.2) is 30.0 Å². The Kier molecular flexibility index (Phi) is 4.82. The quantitative estimate of drug-likeness (QED) is 0.570. The van der Waals surface area contributed by atoms with Gasteiger partial charge in [0, 0.05) is 17.5 Å². The van der Waals surface area contributed by atoms with Crippen molar-refractivity contribution in [2.45, 2.75) is 33.6 Å². The molecule has 0 spiro atoms. The Morgan fingerprint density at radius 1 is 1.17 bits per heavy atom. The lowest BCUT2D eigenvalue weighted by Crippen LogP contribution is -2.15. The molecule has 1 aliphatic rings. The summed E-state index contributed by atoms with van der Waals surface area (Å²) in [5, 5.41) is 3.86. The molecule has 152 valence electrons. The molecule has 1 saturated carbocycles. The zero-order valence-corrected chi connectivity index (χ0v) is 17.5. The van der Waals surface area contributed by atoms with Gasteiger partial charge in [0.25, 0.3) is 0 Å². The fraction of sp³-hybridized carbons (Fsp3) is 0.333. The molecule has 1 amide bonds. The summed E-state index contributed by atoms with van der Waals surface area (Å²) in [7, 11) is -3.35. The van der Waals surface area contributed by atoms with Gasteiger partial charge >= 0.3 is 0 Å².